The summed E-state index contributed by atoms with van der Waals surface area (Å²) in [4.78, 5) is 30.1. The highest BCUT2D eigenvalue weighted by molar-refractivity contribution is 6.07. The van der Waals surface area contributed by atoms with Gasteiger partial charge in [-0.05, 0) is 37.3 Å². The van der Waals surface area contributed by atoms with Crippen LogP contribution in [0, 0.1) is 0 Å². The maximum atomic E-state index is 13.3. The highest BCUT2D eigenvalue weighted by atomic mass is 16.2. The summed E-state index contributed by atoms with van der Waals surface area (Å²) in [6.45, 7) is 2.15. The maximum absolute atomic E-state index is 13.3. The molecular formula is C22H32N4O2. The van der Waals surface area contributed by atoms with Crippen LogP contribution in [0.2, 0.25) is 0 Å². The molecule has 2 aliphatic heterocycles. The van der Waals surface area contributed by atoms with Crippen molar-refractivity contribution in [3.05, 3.63) is 29.8 Å². The van der Waals surface area contributed by atoms with E-state index in [-0.39, 0.29) is 30.2 Å². The molecule has 1 aromatic carbocycles. The molecule has 0 spiro atoms. The van der Waals surface area contributed by atoms with Gasteiger partial charge >= 0.3 is 0 Å². The Labute approximate surface area is 167 Å². The topological polar surface area (TPSA) is 64.7 Å². The van der Waals surface area contributed by atoms with Crippen LogP contribution >= 0.6 is 0 Å². The molecule has 1 saturated carbocycles. The van der Waals surface area contributed by atoms with Crippen LogP contribution in [-0.4, -0.2) is 48.9 Å². The van der Waals surface area contributed by atoms with E-state index in [9.17, 15) is 9.59 Å². The fourth-order valence-electron chi connectivity index (χ4n) is 5.33. The molecule has 4 rings (SSSR count). The van der Waals surface area contributed by atoms with Crippen molar-refractivity contribution < 1.29 is 9.59 Å². The van der Waals surface area contributed by atoms with Crippen LogP contribution in [0.25, 0.3) is 0 Å². The summed E-state index contributed by atoms with van der Waals surface area (Å²) in [5.74, 6) is -0.436. The average Bonchev–Trinajstić information content (AvgIpc) is 3.01. The number of rotatable bonds is 5. The van der Waals surface area contributed by atoms with Crippen LogP contribution in [0.1, 0.15) is 62.8 Å². The van der Waals surface area contributed by atoms with E-state index in [1.807, 2.05) is 29.2 Å². The molecule has 0 aromatic heterocycles. The molecule has 28 heavy (non-hydrogen) atoms. The number of anilines is 1. The van der Waals surface area contributed by atoms with E-state index in [2.05, 4.69) is 15.8 Å². The van der Waals surface area contributed by atoms with Crippen molar-refractivity contribution in [2.24, 2.45) is 0 Å². The van der Waals surface area contributed by atoms with Gasteiger partial charge in [-0.25, -0.2) is 5.43 Å². The lowest BCUT2D eigenvalue weighted by Gasteiger charge is -2.41. The zero-order valence-electron chi connectivity index (χ0n) is 16.8. The van der Waals surface area contributed by atoms with E-state index in [4.69, 9.17) is 0 Å². The Morgan fingerprint density at radius 3 is 2.46 bits per heavy atom. The fraction of sp³-hybridized carbons (Fsp3) is 0.636. The van der Waals surface area contributed by atoms with Crippen LogP contribution in [0.3, 0.4) is 0 Å². The van der Waals surface area contributed by atoms with Gasteiger partial charge in [-0.1, -0.05) is 37.5 Å². The van der Waals surface area contributed by atoms with Crippen molar-refractivity contribution in [1.29, 1.82) is 0 Å². The molecule has 3 aliphatic rings. The van der Waals surface area contributed by atoms with Gasteiger partial charge in [0.15, 0.2) is 0 Å². The summed E-state index contributed by atoms with van der Waals surface area (Å²) in [6, 6.07) is 8.98. The van der Waals surface area contributed by atoms with Crippen LogP contribution < -0.4 is 15.8 Å². The third kappa shape index (κ3) is 3.80. The molecule has 0 radical (unpaired) electrons. The fourth-order valence-corrected chi connectivity index (χ4v) is 5.33. The van der Waals surface area contributed by atoms with Crippen LogP contribution in [0.5, 0.6) is 0 Å². The number of amides is 2. The first-order chi connectivity index (χ1) is 13.7. The Bertz CT molecular complexity index is 708. The van der Waals surface area contributed by atoms with Gasteiger partial charge < -0.3 is 9.80 Å². The molecule has 0 bridgehead atoms. The average molecular weight is 385 g/mol. The first-order valence-corrected chi connectivity index (χ1v) is 10.8. The molecule has 2 N–H and O–H groups in total. The molecule has 1 aliphatic carbocycles. The molecule has 152 valence electrons. The van der Waals surface area contributed by atoms with Gasteiger partial charge in [0.2, 0.25) is 11.8 Å². The Balaban J connectivity index is 1.46. The zero-order valence-corrected chi connectivity index (χ0v) is 16.8. The van der Waals surface area contributed by atoms with E-state index < -0.39 is 0 Å². The first kappa shape index (κ1) is 19.4. The number of hydrogen-bond acceptors (Lipinski definition) is 4. The Morgan fingerprint density at radius 2 is 1.75 bits per heavy atom. The molecule has 1 aromatic rings. The minimum Gasteiger partial charge on any atom is -0.308 e. The van der Waals surface area contributed by atoms with Gasteiger partial charge in [0, 0.05) is 44.3 Å². The highest BCUT2D eigenvalue weighted by Gasteiger charge is 2.42. The monoisotopic (exact) mass is 384 g/mol. The van der Waals surface area contributed by atoms with Gasteiger partial charge in [0.05, 0.1) is 5.92 Å². The largest absolute Gasteiger partial charge is 0.308 e. The number of piperidine rings is 1. The quantitative estimate of drug-likeness (QED) is 0.766. The molecule has 1 saturated heterocycles. The summed E-state index contributed by atoms with van der Waals surface area (Å²) in [5, 5.41) is 0. The molecule has 6 heteroatoms. The molecule has 1 atom stereocenters. The number of para-hydroxylation sites is 1. The third-order valence-electron chi connectivity index (χ3n) is 6.72. The summed E-state index contributed by atoms with van der Waals surface area (Å²) >= 11 is 0. The maximum Gasteiger partial charge on any atom is 0.235 e. The second kappa shape index (κ2) is 8.62. The SMILES string of the molecule is CNNC(=O)CC1C(=O)N(C2CCN(C3CCCCC3)CC2)c2ccccc21. The number of likely N-dealkylation sites (tertiary alicyclic amines) is 1. The van der Waals surface area contributed by atoms with E-state index in [1.165, 1.54) is 32.1 Å². The van der Waals surface area contributed by atoms with Crippen LogP contribution in [-0.2, 0) is 9.59 Å². The first-order valence-electron chi connectivity index (χ1n) is 10.8. The van der Waals surface area contributed by atoms with Crippen molar-refractivity contribution in [2.75, 3.05) is 25.0 Å². The van der Waals surface area contributed by atoms with Crippen molar-refractivity contribution in [1.82, 2.24) is 15.8 Å². The van der Waals surface area contributed by atoms with E-state index in [1.54, 1.807) is 7.05 Å². The smallest absolute Gasteiger partial charge is 0.235 e. The number of hydrogen-bond donors (Lipinski definition) is 2. The minimum absolute atomic E-state index is 0.0866. The van der Waals surface area contributed by atoms with Gasteiger partial charge in [0.25, 0.3) is 0 Å². The van der Waals surface area contributed by atoms with Crippen LogP contribution in [0.4, 0.5) is 5.69 Å². The summed E-state index contributed by atoms with van der Waals surface area (Å²) in [7, 11) is 1.66. The lowest BCUT2D eigenvalue weighted by Crippen LogP contribution is -2.50. The van der Waals surface area contributed by atoms with Crippen molar-refractivity contribution in [3.8, 4) is 0 Å². The van der Waals surface area contributed by atoms with Crippen molar-refractivity contribution >= 4 is 17.5 Å². The van der Waals surface area contributed by atoms with E-state index in [0.717, 1.165) is 43.2 Å². The Morgan fingerprint density at radius 1 is 1.04 bits per heavy atom. The number of fused-ring (bicyclic) bond motifs is 1. The molecule has 6 nitrogen and oxygen atoms in total. The lowest BCUT2D eigenvalue weighted by atomic mass is 9.91. The second-order valence-corrected chi connectivity index (χ2v) is 8.38. The third-order valence-corrected chi connectivity index (χ3v) is 6.72. The second-order valence-electron chi connectivity index (χ2n) is 8.38. The van der Waals surface area contributed by atoms with Crippen molar-refractivity contribution in [2.45, 2.75) is 69.4 Å². The normalized spacial score (nSPS) is 24.4. The standard InChI is InChI=1S/C22H32N4O2/c1-23-24-21(27)15-19-18-9-5-6-10-20(18)26(22(19)28)17-11-13-25(14-12-17)16-7-3-2-4-8-16/h5-6,9-10,16-17,19,23H,2-4,7-8,11-15H2,1H3,(H,24,27). The number of nitrogens with zero attached hydrogens (tertiary/aromatic N) is 2. The zero-order chi connectivity index (χ0) is 19.5. The lowest BCUT2D eigenvalue weighted by molar-refractivity contribution is -0.126. The summed E-state index contributed by atoms with van der Waals surface area (Å²) in [5.41, 5.74) is 7.25. The number of nitrogens with one attached hydrogen (secondary N) is 2. The number of hydrazine groups is 1. The molecule has 2 amide bonds. The van der Waals surface area contributed by atoms with Gasteiger partial charge in [-0.2, -0.15) is 0 Å². The van der Waals surface area contributed by atoms with E-state index in [0.29, 0.717) is 0 Å². The van der Waals surface area contributed by atoms with Gasteiger partial charge in [-0.3, -0.25) is 15.0 Å². The molecule has 2 heterocycles. The molecule has 1 unspecified atom stereocenters. The Hall–Kier alpha value is -1.92. The predicted octanol–water partition coefficient (Wildman–Crippen LogP) is 2.55. The number of benzene rings is 1. The number of carbonyl (C=O) groups excluding carboxylic acids is 2. The predicted molar refractivity (Wildman–Crippen MR) is 110 cm³/mol. The van der Waals surface area contributed by atoms with E-state index >= 15 is 0 Å². The Kier molecular flexibility index (Phi) is 5.97. The summed E-state index contributed by atoms with van der Waals surface area (Å²) < 4.78 is 0. The summed E-state index contributed by atoms with van der Waals surface area (Å²) in [6.07, 6.45) is 9.00. The minimum atomic E-state index is -0.374. The molecule has 2 fully saturated rings. The highest BCUT2D eigenvalue weighted by Crippen LogP contribution is 2.42. The van der Waals surface area contributed by atoms with Gasteiger partial charge in [-0.15, -0.1) is 0 Å². The van der Waals surface area contributed by atoms with Crippen LogP contribution in [0.15, 0.2) is 24.3 Å². The van der Waals surface area contributed by atoms with Crippen molar-refractivity contribution in [3.63, 3.8) is 0 Å². The molecular weight excluding hydrogens is 352 g/mol. The van der Waals surface area contributed by atoms with Gasteiger partial charge in [0.1, 0.15) is 0 Å². The number of carbonyl (C=O) groups is 2.